The number of carbonyl (C=O) groups is 1. The van der Waals surface area contributed by atoms with Gasteiger partial charge in [-0.2, -0.15) is 0 Å². The number of sulfonamides is 1. The summed E-state index contributed by atoms with van der Waals surface area (Å²) in [7, 11) is -3.49. The van der Waals surface area contributed by atoms with Gasteiger partial charge in [0.25, 0.3) is 5.91 Å². The average Bonchev–Trinajstić information content (AvgIpc) is 2.80. The van der Waals surface area contributed by atoms with Crippen LogP contribution in [-0.4, -0.2) is 33.2 Å². The second kappa shape index (κ2) is 7.78. The molecule has 27 heavy (non-hydrogen) atoms. The SMILES string of the molecule is Cc1ccc2c(c1)N(S(C)(=O)=O)CC[C@@H](C(=O)NCc1ccccc1Cl)O2. The molecule has 1 N–H and O–H groups in total. The normalized spacial score (nSPS) is 16.9. The van der Waals surface area contributed by atoms with E-state index in [-0.39, 0.29) is 25.4 Å². The molecule has 3 rings (SSSR count). The third-order valence-corrected chi connectivity index (χ3v) is 5.90. The molecular weight excluding hydrogens is 388 g/mol. The fraction of sp³-hybridized carbons (Fsp3) is 0.316. The lowest BCUT2D eigenvalue weighted by atomic mass is 10.2. The molecule has 2 aromatic rings. The number of fused-ring (bicyclic) bond motifs is 1. The minimum Gasteiger partial charge on any atom is -0.478 e. The van der Waals surface area contributed by atoms with Gasteiger partial charge in [0.2, 0.25) is 10.0 Å². The third kappa shape index (κ3) is 4.54. The minimum atomic E-state index is -3.49. The molecule has 2 aromatic carbocycles. The number of carbonyl (C=O) groups excluding carboxylic acids is 1. The molecule has 1 aliphatic rings. The number of nitrogens with one attached hydrogen (secondary N) is 1. The van der Waals surface area contributed by atoms with E-state index in [0.717, 1.165) is 17.4 Å². The summed E-state index contributed by atoms with van der Waals surface area (Å²) in [6.45, 7) is 2.31. The van der Waals surface area contributed by atoms with Gasteiger partial charge in [-0.3, -0.25) is 9.10 Å². The maximum atomic E-state index is 12.6. The second-order valence-electron chi connectivity index (χ2n) is 6.51. The molecule has 1 atom stereocenters. The van der Waals surface area contributed by atoms with E-state index in [2.05, 4.69) is 5.32 Å². The first-order valence-corrected chi connectivity index (χ1v) is 10.7. The number of aryl methyl sites for hydroxylation is 1. The number of hydrogen-bond acceptors (Lipinski definition) is 4. The van der Waals surface area contributed by atoms with Gasteiger partial charge in [0.15, 0.2) is 6.10 Å². The predicted octanol–water partition coefficient (Wildman–Crippen LogP) is 2.88. The summed E-state index contributed by atoms with van der Waals surface area (Å²) in [5, 5.41) is 3.39. The van der Waals surface area contributed by atoms with Crippen LogP contribution in [0.5, 0.6) is 5.75 Å². The van der Waals surface area contributed by atoms with Crippen LogP contribution in [0.25, 0.3) is 0 Å². The summed E-state index contributed by atoms with van der Waals surface area (Å²) in [5.41, 5.74) is 2.17. The van der Waals surface area contributed by atoms with Crippen molar-refractivity contribution >= 4 is 33.2 Å². The highest BCUT2D eigenvalue weighted by Gasteiger charge is 2.31. The highest BCUT2D eigenvalue weighted by Crippen LogP contribution is 2.35. The van der Waals surface area contributed by atoms with Crippen molar-refractivity contribution in [3.05, 3.63) is 58.6 Å². The van der Waals surface area contributed by atoms with Crippen LogP contribution in [0.15, 0.2) is 42.5 Å². The zero-order valence-corrected chi connectivity index (χ0v) is 16.7. The number of nitrogens with zero attached hydrogens (tertiary/aromatic N) is 1. The highest BCUT2D eigenvalue weighted by molar-refractivity contribution is 7.92. The number of rotatable bonds is 4. The van der Waals surface area contributed by atoms with Gasteiger partial charge >= 0.3 is 0 Å². The standard InChI is InChI=1S/C19H21ClN2O4S/c1-13-7-8-17-16(11-13)22(27(2,24)25)10-9-18(26-17)19(23)21-12-14-5-3-4-6-15(14)20/h3-8,11,18H,9-10,12H2,1-2H3,(H,21,23)/t18-/m0/s1. The van der Waals surface area contributed by atoms with Crippen molar-refractivity contribution < 1.29 is 17.9 Å². The molecule has 1 heterocycles. The molecule has 0 saturated carbocycles. The van der Waals surface area contributed by atoms with Gasteiger partial charge in [0.05, 0.1) is 11.9 Å². The van der Waals surface area contributed by atoms with Gasteiger partial charge < -0.3 is 10.1 Å². The second-order valence-corrected chi connectivity index (χ2v) is 8.82. The van der Waals surface area contributed by atoms with Crippen LogP contribution < -0.4 is 14.4 Å². The molecule has 144 valence electrons. The number of amides is 1. The smallest absolute Gasteiger partial charge is 0.261 e. The molecule has 0 fully saturated rings. The number of ether oxygens (including phenoxy) is 1. The van der Waals surface area contributed by atoms with Gasteiger partial charge in [-0.05, 0) is 36.2 Å². The largest absolute Gasteiger partial charge is 0.478 e. The van der Waals surface area contributed by atoms with Crippen molar-refractivity contribution in [2.24, 2.45) is 0 Å². The average molecular weight is 409 g/mol. The lowest BCUT2D eigenvalue weighted by Gasteiger charge is -2.21. The van der Waals surface area contributed by atoms with E-state index in [1.54, 1.807) is 18.2 Å². The fourth-order valence-electron chi connectivity index (χ4n) is 2.96. The van der Waals surface area contributed by atoms with Gasteiger partial charge in [-0.1, -0.05) is 35.9 Å². The van der Waals surface area contributed by atoms with Crippen molar-refractivity contribution in [1.29, 1.82) is 0 Å². The van der Waals surface area contributed by atoms with Crippen molar-refractivity contribution in [2.45, 2.75) is 26.0 Å². The van der Waals surface area contributed by atoms with Crippen LogP contribution in [0.3, 0.4) is 0 Å². The summed E-state index contributed by atoms with van der Waals surface area (Å²) >= 11 is 6.11. The van der Waals surface area contributed by atoms with E-state index in [1.807, 2.05) is 31.2 Å². The van der Waals surface area contributed by atoms with E-state index >= 15 is 0 Å². The van der Waals surface area contributed by atoms with Gasteiger partial charge in [0.1, 0.15) is 5.75 Å². The highest BCUT2D eigenvalue weighted by atomic mass is 35.5. The fourth-order valence-corrected chi connectivity index (χ4v) is 4.10. The Labute approximate surface area is 164 Å². The Kier molecular flexibility index (Phi) is 5.62. The summed E-state index contributed by atoms with van der Waals surface area (Å²) in [4.78, 5) is 12.6. The Balaban J connectivity index is 1.79. The molecule has 1 aliphatic heterocycles. The Bertz CT molecular complexity index is 962. The molecule has 0 saturated heterocycles. The Morgan fingerprint density at radius 3 is 2.74 bits per heavy atom. The third-order valence-electron chi connectivity index (χ3n) is 4.35. The molecule has 0 bridgehead atoms. The molecule has 0 aliphatic carbocycles. The van der Waals surface area contributed by atoms with E-state index < -0.39 is 16.1 Å². The molecule has 0 radical (unpaired) electrons. The van der Waals surface area contributed by atoms with E-state index in [9.17, 15) is 13.2 Å². The lowest BCUT2D eigenvalue weighted by molar-refractivity contribution is -0.128. The van der Waals surface area contributed by atoms with Crippen LogP contribution in [0.1, 0.15) is 17.5 Å². The summed E-state index contributed by atoms with van der Waals surface area (Å²) in [5.74, 6) is 0.0678. The summed E-state index contributed by atoms with van der Waals surface area (Å²) in [6, 6.07) is 12.5. The monoisotopic (exact) mass is 408 g/mol. The van der Waals surface area contributed by atoms with E-state index in [4.69, 9.17) is 16.3 Å². The molecule has 1 amide bonds. The number of anilines is 1. The molecule has 0 aromatic heterocycles. The first-order chi connectivity index (χ1) is 12.8. The van der Waals surface area contributed by atoms with Crippen molar-refractivity contribution in [1.82, 2.24) is 5.32 Å². The van der Waals surface area contributed by atoms with Crippen LogP contribution in [0, 0.1) is 6.92 Å². The molecular formula is C19H21ClN2O4S. The van der Waals surface area contributed by atoms with Gasteiger partial charge in [0, 0.05) is 24.5 Å². The molecule has 6 nitrogen and oxygen atoms in total. The maximum absolute atomic E-state index is 12.6. The number of hydrogen-bond donors (Lipinski definition) is 1. The Morgan fingerprint density at radius 2 is 2.04 bits per heavy atom. The van der Waals surface area contributed by atoms with Crippen LogP contribution in [0.2, 0.25) is 5.02 Å². The van der Waals surface area contributed by atoms with Crippen molar-refractivity contribution in [3.63, 3.8) is 0 Å². The quantitative estimate of drug-likeness (QED) is 0.844. The molecule has 0 spiro atoms. The maximum Gasteiger partial charge on any atom is 0.261 e. The van der Waals surface area contributed by atoms with Crippen LogP contribution >= 0.6 is 11.6 Å². The minimum absolute atomic E-state index is 0.166. The topological polar surface area (TPSA) is 75.7 Å². The summed E-state index contributed by atoms with van der Waals surface area (Å²) < 4.78 is 31.5. The van der Waals surface area contributed by atoms with E-state index in [1.165, 1.54) is 4.31 Å². The van der Waals surface area contributed by atoms with Gasteiger partial charge in [-0.15, -0.1) is 0 Å². The first kappa shape index (κ1) is 19.5. The summed E-state index contributed by atoms with van der Waals surface area (Å²) in [6.07, 6.45) is 0.604. The first-order valence-electron chi connectivity index (χ1n) is 8.52. The van der Waals surface area contributed by atoms with Crippen molar-refractivity contribution in [3.8, 4) is 5.75 Å². The van der Waals surface area contributed by atoms with Crippen molar-refractivity contribution in [2.75, 3.05) is 17.1 Å². The number of halogens is 1. The van der Waals surface area contributed by atoms with Gasteiger partial charge in [-0.25, -0.2) is 8.42 Å². The Hall–Kier alpha value is -2.25. The zero-order chi connectivity index (χ0) is 19.6. The lowest BCUT2D eigenvalue weighted by Crippen LogP contribution is -2.39. The van der Waals surface area contributed by atoms with Crippen LogP contribution in [0.4, 0.5) is 5.69 Å². The molecule has 0 unspecified atom stereocenters. The van der Waals surface area contributed by atoms with E-state index in [0.29, 0.717) is 16.5 Å². The van der Waals surface area contributed by atoms with Crippen LogP contribution in [-0.2, 0) is 21.4 Å². The molecule has 8 heteroatoms. The Morgan fingerprint density at radius 1 is 1.30 bits per heavy atom. The predicted molar refractivity (Wildman–Crippen MR) is 106 cm³/mol. The number of benzene rings is 2. The zero-order valence-electron chi connectivity index (χ0n) is 15.1.